The van der Waals surface area contributed by atoms with Gasteiger partial charge >= 0.3 is 5.97 Å². The minimum atomic E-state index is -0.537. The molecule has 8 nitrogen and oxygen atoms in total. The van der Waals surface area contributed by atoms with E-state index in [4.69, 9.17) is 14.2 Å². The first-order valence-corrected chi connectivity index (χ1v) is 7.97. The van der Waals surface area contributed by atoms with Crippen LogP contribution in [0.1, 0.15) is 10.4 Å². The molecule has 2 aromatic heterocycles. The molecule has 0 aliphatic rings. The van der Waals surface area contributed by atoms with E-state index in [1.54, 1.807) is 24.4 Å². The number of benzene rings is 1. The van der Waals surface area contributed by atoms with Crippen molar-refractivity contribution in [2.24, 2.45) is 5.18 Å². The molecule has 0 N–H and O–H groups in total. The fraction of sp³-hybridized carbons (Fsp3) is 0.118. The maximum Gasteiger partial charge on any atom is 0.341 e. The number of nitroso groups, excluding NO2 is 1. The molecule has 0 aliphatic carbocycles. The molecule has 0 aliphatic heterocycles. The van der Waals surface area contributed by atoms with Gasteiger partial charge in [0.15, 0.2) is 0 Å². The van der Waals surface area contributed by atoms with E-state index in [0.29, 0.717) is 27.7 Å². The molecule has 0 bridgehead atoms. The first-order chi connectivity index (χ1) is 12.6. The first kappa shape index (κ1) is 17.7. The summed E-state index contributed by atoms with van der Waals surface area (Å²) in [6.45, 7) is 0. The largest absolute Gasteiger partial charge is 0.496 e. The zero-order valence-electron chi connectivity index (χ0n) is 13.9. The molecule has 0 radical (unpaired) electrons. The van der Waals surface area contributed by atoms with E-state index in [1.165, 1.54) is 26.5 Å². The summed E-state index contributed by atoms with van der Waals surface area (Å²) in [5.41, 5.74) is 1.02. The summed E-state index contributed by atoms with van der Waals surface area (Å²) in [5.74, 6) is 0.529. The number of aromatic nitrogens is 2. The molecule has 1 aromatic carbocycles. The molecule has 0 amide bonds. The van der Waals surface area contributed by atoms with Gasteiger partial charge in [-0.3, -0.25) is 4.98 Å². The van der Waals surface area contributed by atoms with Crippen LogP contribution in [0.2, 0.25) is 0 Å². The Morgan fingerprint density at radius 1 is 1.15 bits per heavy atom. The van der Waals surface area contributed by atoms with Gasteiger partial charge in [0, 0.05) is 23.0 Å². The third-order valence-electron chi connectivity index (χ3n) is 3.60. The van der Waals surface area contributed by atoms with Crippen molar-refractivity contribution >= 4 is 37.1 Å². The number of methoxy groups -OCH3 is 2. The number of carbonyl (C=O) groups excluding carboxylic acids is 1. The minimum Gasteiger partial charge on any atom is -0.496 e. The minimum absolute atomic E-state index is 0.194. The smallest absolute Gasteiger partial charge is 0.341 e. The molecule has 2 heterocycles. The fourth-order valence-corrected chi connectivity index (χ4v) is 2.68. The van der Waals surface area contributed by atoms with Crippen molar-refractivity contribution in [3.8, 4) is 17.4 Å². The van der Waals surface area contributed by atoms with Crippen molar-refractivity contribution < 1.29 is 19.0 Å². The molecule has 0 fully saturated rings. The van der Waals surface area contributed by atoms with Gasteiger partial charge in [0.25, 0.3) is 0 Å². The van der Waals surface area contributed by atoms with E-state index >= 15 is 0 Å². The predicted molar refractivity (Wildman–Crippen MR) is 98.7 cm³/mol. The summed E-state index contributed by atoms with van der Waals surface area (Å²) in [7, 11) is 5.18. The lowest BCUT2D eigenvalue weighted by Gasteiger charge is -2.12. The Morgan fingerprint density at radius 3 is 2.62 bits per heavy atom. The number of esters is 1. The van der Waals surface area contributed by atoms with Gasteiger partial charge in [-0.1, -0.05) is 9.24 Å². The average molecular weight is 371 g/mol. The zero-order valence-corrected chi connectivity index (χ0v) is 15.1. The lowest BCUT2D eigenvalue weighted by atomic mass is 10.1. The molecular formula is C17H14N3O5P. The fourth-order valence-electron chi connectivity index (χ4n) is 2.37. The number of ether oxygens (including phenoxy) is 3. The lowest BCUT2D eigenvalue weighted by molar-refractivity contribution is 0.0597. The monoisotopic (exact) mass is 371 g/mol. The van der Waals surface area contributed by atoms with Crippen LogP contribution in [0.4, 0.5) is 5.69 Å². The highest BCUT2D eigenvalue weighted by Crippen LogP contribution is 2.33. The van der Waals surface area contributed by atoms with Crippen molar-refractivity contribution in [2.45, 2.75) is 0 Å². The van der Waals surface area contributed by atoms with Gasteiger partial charge in [-0.15, -0.1) is 4.91 Å². The molecule has 132 valence electrons. The van der Waals surface area contributed by atoms with Gasteiger partial charge in [0.05, 0.1) is 25.9 Å². The van der Waals surface area contributed by atoms with Gasteiger partial charge in [-0.2, -0.15) is 0 Å². The van der Waals surface area contributed by atoms with Crippen LogP contribution in [0.3, 0.4) is 0 Å². The van der Waals surface area contributed by atoms with Crippen molar-refractivity contribution in [3.63, 3.8) is 0 Å². The third-order valence-corrected chi connectivity index (χ3v) is 4.02. The Labute approximate surface area is 150 Å². The molecular weight excluding hydrogens is 357 g/mol. The van der Waals surface area contributed by atoms with Gasteiger partial charge < -0.3 is 14.2 Å². The summed E-state index contributed by atoms with van der Waals surface area (Å²) < 4.78 is 15.9. The average Bonchev–Trinajstić information content (AvgIpc) is 2.67. The summed E-state index contributed by atoms with van der Waals surface area (Å²) >= 11 is 0. The highest BCUT2D eigenvalue weighted by atomic mass is 31.0. The number of nitrogens with zero attached hydrogens (tertiary/aromatic N) is 3. The first-order valence-electron chi connectivity index (χ1n) is 7.39. The predicted octanol–water partition coefficient (Wildman–Crippen LogP) is 3.12. The number of hydrogen-bond donors (Lipinski definition) is 0. The molecule has 1 unspecified atom stereocenters. The Morgan fingerprint density at radius 2 is 1.96 bits per heavy atom. The Kier molecular flexibility index (Phi) is 5.04. The Hall–Kier alpha value is -3.12. The van der Waals surface area contributed by atoms with Gasteiger partial charge in [-0.25, -0.2) is 9.78 Å². The molecule has 0 spiro atoms. The second kappa shape index (κ2) is 7.41. The molecule has 0 saturated carbocycles. The maximum atomic E-state index is 12.0. The van der Waals surface area contributed by atoms with Crippen LogP contribution in [0, 0.1) is 4.91 Å². The summed E-state index contributed by atoms with van der Waals surface area (Å²) in [6.07, 6.45) is 2.88. The second-order valence-electron chi connectivity index (χ2n) is 5.15. The van der Waals surface area contributed by atoms with Crippen LogP contribution in [-0.4, -0.2) is 30.2 Å². The Bertz CT molecular complexity index is 1010. The van der Waals surface area contributed by atoms with Gasteiger partial charge in [0.1, 0.15) is 22.7 Å². The molecule has 9 heteroatoms. The van der Waals surface area contributed by atoms with Gasteiger partial charge in [-0.05, 0) is 23.4 Å². The highest BCUT2D eigenvalue weighted by Gasteiger charge is 2.17. The summed E-state index contributed by atoms with van der Waals surface area (Å²) in [5, 5.41) is 3.98. The van der Waals surface area contributed by atoms with Crippen molar-refractivity contribution in [1.82, 2.24) is 9.97 Å². The van der Waals surface area contributed by atoms with E-state index in [1.807, 2.05) is 0 Å². The SMILES string of the molecule is COC(=O)c1cc2c(Oc3ncc(N=O)cc3P)ccnc2cc1OC. The highest BCUT2D eigenvalue weighted by molar-refractivity contribution is 7.27. The van der Waals surface area contributed by atoms with E-state index in [9.17, 15) is 9.70 Å². The standard InChI is InChI=1S/C17H14N3O5P/c1-23-14-7-12-10(6-11(14)17(21)24-2)13(3-4-18-12)25-16-15(26)5-9(20-22)8-19-16/h3-8H,26H2,1-2H3. The van der Waals surface area contributed by atoms with Crippen LogP contribution in [0.15, 0.2) is 41.8 Å². The topological polar surface area (TPSA) is 100.0 Å². The number of carbonyl (C=O) groups is 1. The molecule has 3 rings (SSSR count). The molecule has 3 aromatic rings. The molecule has 26 heavy (non-hydrogen) atoms. The van der Waals surface area contributed by atoms with Crippen LogP contribution >= 0.6 is 9.24 Å². The number of pyridine rings is 2. The number of hydrogen-bond acceptors (Lipinski definition) is 8. The number of rotatable bonds is 5. The van der Waals surface area contributed by atoms with Crippen LogP contribution in [0.5, 0.6) is 17.4 Å². The molecule has 1 atom stereocenters. The van der Waals surface area contributed by atoms with E-state index in [-0.39, 0.29) is 17.1 Å². The van der Waals surface area contributed by atoms with Gasteiger partial charge in [0.2, 0.25) is 5.88 Å². The zero-order chi connectivity index (χ0) is 18.7. The lowest BCUT2D eigenvalue weighted by Crippen LogP contribution is -2.05. The normalized spacial score (nSPS) is 10.4. The van der Waals surface area contributed by atoms with E-state index in [2.05, 4.69) is 24.4 Å². The Balaban J connectivity index is 2.11. The van der Waals surface area contributed by atoms with Crippen LogP contribution in [-0.2, 0) is 4.74 Å². The maximum absolute atomic E-state index is 12.0. The van der Waals surface area contributed by atoms with Crippen LogP contribution < -0.4 is 14.8 Å². The summed E-state index contributed by atoms with van der Waals surface area (Å²) in [6, 6.07) is 6.40. The van der Waals surface area contributed by atoms with Crippen molar-refractivity contribution in [2.75, 3.05) is 14.2 Å². The van der Waals surface area contributed by atoms with E-state index < -0.39 is 5.97 Å². The van der Waals surface area contributed by atoms with Crippen LogP contribution in [0.25, 0.3) is 10.9 Å². The second-order valence-corrected chi connectivity index (χ2v) is 5.77. The molecule has 0 saturated heterocycles. The number of fused-ring (bicyclic) bond motifs is 1. The quantitative estimate of drug-likeness (QED) is 0.386. The van der Waals surface area contributed by atoms with Crippen molar-refractivity contribution in [3.05, 3.63) is 47.1 Å². The van der Waals surface area contributed by atoms with Crippen molar-refractivity contribution in [1.29, 1.82) is 0 Å². The van der Waals surface area contributed by atoms with E-state index in [0.717, 1.165) is 0 Å². The third kappa shape index (κ3) is 3.32. The summed E-state index contributed by atoms with van der Waals surface area (Å²) in [4.78, 5) is 31.0.